The number of aryl methyl sites for hydroxylation is 1. The van der Waals surface area contributed by atoms with Gasteiger partial charge in [0.1, 0.15) is 11.6 Å². The summed E-state index contributed by atoms with van der Waals surface area (Å²) in [5, 5.41) is 0. The highest BCUT2D eigenvalue weighted by molar-refractivity contribution is 5.77. The van der Waals surface area contributed by atoms with Gasteiger partial charge in [-0.2, -0.15) is 0 Å². The van der Waals surface area contributed by atoms with Gasteiger partial charge in [0.05, 0.1) is 6.61 Å². The van der Waals surface area contributed by atoms with Crippen molar-refractivity contribution in [2.24, 2.45) is 12.9 Å². The third-order valence-corrected chi connectivity index (χ3v) is 5.16. The fourth-order valence-electron chi connectivity index (χ4n) is 3.61. The van der Waals surface area contributed by atoms with Crippen molar-refractivity contribution in [2.45, 2.75) is 19.5 Å². The molecular weight excluding hydrogens is 401 g/mol. The molecule has 0 saturated heterocycles. The maximum absolute atomic E-state index is 13.5. The fourth-order valence-corrected chi connectivity index (χ4v) is 3.61. The molecule has 0 radical (unpaired) electrons. The first-order chi connectivity index (χ1) is 15.0. The Morgan fingerprint density at radius 2 is 1.74 bits per heavy atom. The molecule has 0 aliphatic carbocycles. The minimum Gasteiger partial charge on any atom is -0.314 e. The van der Waals surface area contributed by atoms with Crippen LogP contribution in [0.3, 0.4) is 0 Å². The number of halogens is 1. The highest BCUT2D eigenvalue weighted by atomic mass is 19.1. The van der Waals surface area contributed by atoms with Crippen LogP contribution < -0.4 is 17.1 Å². The summed E-state index contributed by atoms with van der Waals surface area (Å²) in [5.41, 5.74) is 1.27. The zero-order chi connectivity index (χ0) is 22.0. The van der Waals surface area contributed by atoms with Crippen molar-refractivity contribution in [3.63, 3.8) is 0 Å². The Morgan fingerprint density at radius 1 is 1.03 bits per heavy atom. The van der Waals surface area contributed by atoms with Gasteiger partial charge in [-0.15, -0.1) is 0 Å². The topological polar surface area (TPSA) is 97.1 Å². The second kappa shape index (κ2) is 8.66. The van der Waals surface area contributed by atoms with Gasteiger partial charge in [-0.1, -0.05) is 30.3 Å². The third kappa shape index (κ3) is 3.92. The van der Waals surface area contributed by atoms with Crippen LogP contribution in [0.15, 0.2) is 64.2 Å². The Kier molecular flexibility index (Phi) is 5.79. The van der Waals surface area contributed by atoms with Gasteiger partial charge in [0.25, 0.3) is 5.56 Å². The lowest BCUT2D eigenvalue weighted by Crippen LogP contribution is -2.40. The minimum atomic E-state index is -0.468. The molecule has 2 heterocycles. The molecule has 8 nitrogen and oxygen atoms in total. The predicted molar refractivity (Wildman–Crippen MR) is 115 cm³/mol. The van der Waals surface area contributed by atoms with Gasteiger partial charge in [0.2, 0.25) is 0 Å². The highest BCUT2D eigenvalue weighted by Crippen LogP contribution is 2.24. The number of rotatable bonds is 7. The average molecular weight is 423 g/mol. The lowest BCUT2D eigenvalue weighted by molar-refractivity contribution is 0.131. The maximum Gasteiger partial charge on any atom is 0.332 e. The minimum absolute atomic E-state index is 0.168. The van der Waals surface area contributed by atoms with E-state index in [1.807, 2.05) is 30.3 Å². The van der Waals surface area contributed by atoms with E-state index in [1.54, 1.807) is 23.7 Å². The van der Waals surface area contributed by atoms with Gasteiger partial charge < -0.3 is 9.40 Å². The molecule has 2 aromatic heterocycles. The molecule has 0 spiro atoms. The van der Waals surface area contributed by atoms with Crippen molar-refractivity contribution < 1.29 is 9.23 Å². The molecule has 9 heteroatoms. The van der Waals surface area contributed by atoms with Crippen molar-refractivity contribution in [2.75, 3.05) is 6.61 Å². The average Bonchev–Trinajstić information content (AvgIpc) is 3.15. The predicted octanol–water partition coefficient (Wildman–Crippen LogP) is 2.03. The van der Waals surface area contributed by atoms with Crippen LogP contribution in [0.4, 0.5) is 4.39 Å². The van der Waals surface area contributed by atoms with Gasteiger partial charge in [0.15, 0.2) is 11.2 Å². The number of nitrogens with zero attached hydrogens (tertiary/aromatic N) is 4. The Morgan fingerprint density at radius 3 is 2.42 bits per heavy atom. The second-order valence-electron chi connectivity index (χ2n) is 7.21. The first-order valence-electron chi connectivity index (χ1n) is 9.83. The Hall–Kier alpha value is -3.56. The van der Waals surface area contributed by atoms with E-state index in [-0.39, 0.29) is 24.6 Å². The molecule has 160 valence electrons. The van der Waals surface area contributed by atoms with E-state index in [0.29, 0.717) is 29.9 Å². The van der Waals surface area contributed by atoms with Crippen LogP contribution >= 0.6 is 0 Å². The van der Waals surface area contributed by atoms with Gasteiger partial charge >= 0.3 is 5.69 Å². The summed E-state index contributed by atoms with van der Waals surface area (Å²) < 4.78 is 17.8. The molecule has 0 aliphatic rings. The lowest BCUT2D eigenvalue weighted by atomic mass is 10.2. The quantitative estimate of drug-likeness (QED) is 0.362. The molecule has 0 atom stereocenters. The van der Waals surface area contributed by atoms with Crippen LogP contribution in [0.25, 0.3) is 22.6 Å². The summed E-state index contributed by atoms with van der Waals surface area (Å²) in [6.07, 6.45) is 0.412. The van der Waals surface area contributed by atoms with Crippen LogP contribution in [0.1, 0.15) is 12.0 Å². The van der Waals surface area contributed by atoms with E-state index in [1.165, 1.54) is 21.3 Å². The van der Waals surface area contributed by atoms with Gasteiger partial charge in [-0.25, -0.2) is 20.1 Å². The number of benzene rings is 2. The van der Waals surface area contributed by atoms with E-state index in [0.717, 1.165) is 5.56 Å². The summed E-state index contributed by atoms with van der Waals surface area (Å²) in [7, 11) is 1.58. The van der Waals surface area contributed by atoms with Crippen LogP contribution in [0.5, 0.6) is 0 Å². The first kappa shape index (κ1) is 20.7. The lowest BCUT2D eigenvalue weighted by Gasteiger charge is -2.11. The third-order valence-electron chi connectivity index (χ3n) is 5.16. The first-order valence-corrected chi connectivity index (χ1v) is 9.83. The summed E-state index contributed by atoms with van der Waals surface area (Å²) >= 11 is 0. The number of aromatic nitrogens is 4. The number of hydrogen-bond donors (Lipinski definition) is 1. The molecule has 0 unspecified atom stereocenters. The molecule has 2 N–H and O–H groups in total. The number of hydrogen-bond acceptors (Lipinski definition) is 5. The Bertz CT molecular complexity index is 1320. The zero-order valence-electron chi connectivity index (χ0n) is 17.0. The molecule has 0 fully saturated rings. The normalized spacial score (nSPS) is 11.3. The summed E-state index contributed by atoms with van der Waals surface area (Å²) in [6.45, 7) is 0.752. The largest absolute Gasteiger partial charge is 0.332 e. The van der Waals surface area contributed by atoms with Crippen molar-refractivity contribution >= 4 is 11.2 Å². The van der Waals surface area contributed by atoms with Gasteiger partial charge in [0, 0.05) is 25.7 Å². The van der Waals surface area contributed by atoms with E-state index < -0.39 is 11.2 Å². The summed E-state index contributed by atoms with van der Waals surface area (Å²) in [5.74, 6) is 5.18. The Balaban J connectivity index is 1.98. The SMILES string of the molecule is Cn1c(=O)n(CCCON)c(=O)c2c1nc(-c1ccc(F)cc1)n2Cc1ccccc1. The van der Waals surface area contributed by atoms with E-state index in [4.69, 9.17) is 5.90 Å². The molecule has 31 heavy (non-hydrogen) atoms. The zero-order valence-corrected chi connectivity index (χ0v) is 17.0. The van der Waals surface area contributed by atoms with Crippen molar-refractivity contribution in [3.8, 4) is 11.4 Å². The Labute approximate surface area is 176 Å². The monoisotopic (exact) mass is 423 g/mol. The van der Waals surface area contributed by atoms with Gasteiger partial charge in [-0.05, 0) is 36.2 Å². The molecule has 0 amide bonds. The summed E-state index contributed by atoms with van der Waals surface area (Å²) in [4.78, 5) is 35.4. The van der Waals surface area contributed by atoms with Crippen LogP contribution in [-0.4, -0.2) is 25.3 Å². The van der Waals surface area contributed by atoms with Crippen molar-refractivity contribution in [1.82, 2.24) is 18.7 Å². The maximum atomic E-state index is 13.5. The van der Waals surface area contributed by atoms with Gasteiger partial charge in [-0.3, -0.25) is 13.9 Å². The standard InChI is InChI=1S/C22H22FN5O3/c1-26-20-18(21(29)27(22(26)30)12-5-13-31-24)28(14-15-6-3-2-4-7-15)19(25-20)16-8-10-17(23)11-9-16/h2-4,6-11H,5,12-14,24H2,1H3. The van der Waals surface area contributed by atoms with E-state index in [9.17, 15) is 14.0 Å². The van der Waals surface area contributed by atoms with Crippen LogP contribution in [-0.2, 0) is 25.0 Å². The number of nitrogens with two attached hydrogens (primary N) is 1. The van der Waals surface area contributed by atoms with Crippen molar-refractivity contribution in [3.05, 3.63) is 86.8 Å². The molecule has 0 saturated carbocycles. The smallest absolute Gasteiger partial charge is 0.314 e. The second-order valence-corrected chi connectivity index (χ2v) is 7.21. The number of imidazole rings is 1. The number of fused-ring (bicyclic) bond motifs is 1. The molecule has 4 rings (SSSR count). The molecule has 2 aromatic carbocycles. The highest BCUT2D eigenvalue weighted by Gasteiger charge is 2.21. The molecular formula is C22H22FN5O3. The van der Waals surface area contributed by atoms with E-state index in [2.05, 4.69) is 9.82 Å². The van der Waals surface area contributed by atoms with Crippen molar-refractivity contribution in [1.29, 1.82) is 0 Å². The van der Waals surface area contributed by atoms with Crippen LogP contribution in [0.2, 0.25) is 0 Å². The summed E-state index contributed by atoms with van der Waals surface area (Å²) in [6, 6.07) is 15.5. The molecule has 0 bridgehead atoms. The van der Waals surface area contributed by atoms with E-state index >= 15 is 0 Å². The van der Waals surface area contributed by atoms with Crippen LogP contribution in [0, 0.1) is 5.82 Å². The fraction of sp³-hybridized carbons (Fsp3) is 0.227. The molecule has 0 aliphatic heterocycles. The molecule has 4 aromatic rings.